The zero-order valence-corrected chi connectivity index (χ0v) is 18.3. The van der Waals surface area contributed by atoms with E-state index >= 15 is 0 Å². The van der Waals surface area contributed by atoms with Gasteiger partial charge in [-0.1, -0.05) is 41.4 Å². The summed E-state index contributed by atoms with van der Waals surface area (Å²) in [5.74, 6) is 0.157. The zero-order valence-electron chi connectivity index (χ0n) is 15.9. The Morgan fingerprint density at radius 3 is 2.21 bits per heavy atom. The Kier molecular flexibility index (Phi) is 7.20. The van der Waals surface area contributed by atoms with Crippen LogP contribution in [0.25, 0.3) is 0 Å². The molecule has 0 fully saturated rings. The van der Waals surface area contributed by atoms with E-state index in [4.69, 9.17) is 27.9 Å². The fraction of sp³-hybridized carbons (Fsp3) is 0.316. The Morgan fingerprint density at radius 1 is 1.11 bits per heavy atom. The highest BCUT2D eigenvalue weighted by atomic mass is 35.5. The standard InChI is InChI=1S/C19H22Cl2N2O4S/c1-12(17-7-5-6-8-18(17)27-3)22-19(24)13(2)23(28(4,25)26)16-10-14(20)9-15(21)11-16/h5-13H,1-4H3,(H,22,24)/t12-,13-/m1/s1. The number of sulfonamides is 1. The van der Waals surface area contributed by atoms with Gasteiger partial charge in [-0.05, 0) is 38.1 Å². The van der Waals surface area contributed by atoms with Crippen LogP contribution in [0.5, 0.6) is 5.75 Å². The third kappa shape index (κ3) is 5.31. The number of anilines is 1. The first-order chi connectivity index (χ1) is 13.0. The molecule has 0 unspecified atom stereocenters. The molecule has 152 valence electrons. The van der Waals surface area contributed by atoms with Gasteiger partial charge in [-0.3, -0.25) is 9.10 Å². The summed E-state index contributed by atoms with van der Waals surface area (Å²) in [4.78, 5) is 12.8. The van der Waals surface area contributed by atoms with Gasteiger partial charge in [0.05, 0.1) is 25.1 Å². The van der Waals surface area contributed by atoms with Crippen molar-refractivity contribution in [3.8, 4) is 5.75 Å². The third-order valence-electron chi connectivity index (χ3n) is 4.15. The topological polar surface area (TPSA) is 75.7 Å². The summed E-state index contributed by atoms with van der Waals surface area (Å²) in [6, 6.07) is 10.2. The predicted octanol–water partition coefficient (Wildman–Crippen LogP) is 4.03. The monoisotopic (exact) mass is 444 g/mol. The van der Waals surface area contributed by atoms with E-state index in [1.54, 1.807) is 20.1 Å². The third-order valence-corrected chi connectivity index (χ3v) is 5.83. The van der Waals surface area contributed by atoms with Crippen LogP contribution in [0.3, 0.4) is 0 Å². The highest BCUT2D eigenvalue weighted by Crippen LogP contribution is 2.29. The molecule has 0 aromatic heterocycles. The molecule has 0 spiro atoms. The van der Waals surface area contributed by atoms with Crippen molar-refractivity contribution in [1.29, 1.82) is 0 Å². The van der Waals surface area contributed by atoms with Crippen LogP contribution in [0.4, 0.5) is 5.69 Å². The minimum atomic E-state index is -3.78. The van der Waals surface area contributed by atoms with Crippen LogP contribution < -0.4 is 14.4 Å². The molecule has 0 saturated carbocycles. The number of ether oxygens (including phenoxy) is 1. The minimum absolute atomic E-state index is 0.215. The molecular weight excluding hydrogens is 423 g/mol. The van der Waals surface area contributed by atoms with E-state index in [0.717, 1.165) is 16.1 Å². The first-order valence-electron chi connectivity index (χ1n) is 8.43. The van der Waals surface area contributed by atoms with Crippen molar-refractivity contribution in [2.75, 3.05) is 17.7 Å². The second-order valence-corrected chi connectivity index (χ2v) is 9.07. The van der Waals surface area contributed by atoms with Crippen molar-refractivity contribution in [2.24, 2.45) is 0 Å². The molecule has 2 rings (SSSR count). The first kappa shape index (κ1) is 22.3. The maximum atomic E-state index is 12.8. The lowest BCUT2D eigenvalue weighted by Crippen LogP contribution is -2.48. The van der Waals surface area contributed by atoms with Crippen LogP contribution in [-0.2, 0) is 14.8 Å². The van der Waals surface area contributed by atoms with Crippen LogP contribution in [0, 0.1) is 0 Å². The van der Waals surface area contributed by atoms with Gasteiger partial charge in [0.1, 0.15) is 11.8 Å². The van der Waals surface area contributed by atoms with Crippen molar-refractivity contribution in [3.05, 3.63) is 58.1 Å². The van der Waals surface area contributed by atoms with Gasteiger partial charge in [0, 0.05) is 15.6 Å². The molecule has 9 heteroatoms. The average molecular weight is 445 g/mol. The van der Waals surface area contributed by atoms with Gasteiger partial charge in [-0.25, -0.2) is 8.42 Å². The predicted molar refractivity (Wildman–Crippen MR) is 113 cm³/mol. The Labute approximate surface area is 175 Å². The van der Waals surface area contributed by atoms with Crippen molar-refractivity contribution < 1.29 is 17.9 Å². The molecule has 6 nitrogen and oxygen atoms in total. The summed E-state index contributed by atoms with van der Waals surface area (Å²) in [7, 11) is -2.23. The maximum absolute atomic E-state index is 12.8. The van der Waals surface area contributed by atoms with Gasteiger partial charge < -0.3 is 10.1 Å². The first-order valence-corrected chi connectivity index (χ1v) is 11.0. The lowest BCUT2D eigenvalue weighted by molar-refractivity contribution is -0.122. The molecular formula is C19H22Cl2N2O4S. The minimum Gasteiger partial charge on any atom is -0.496 e. The van der Waals surface area contributed by atoms with Gasteiger partial charge in [0.15, 0.2) is 0 Å². The van der Waals surface area contributed by atoms with E-state index in [1.807, 2.05) is 18.2 Å². The number of rotatable bonds is 7. The molecule has 2 atom stereocenters. The average Bonchev–Trinajstić information content (AvgIpc) is 2.59. The van der Waals surface area contributed by atoms with Crippen LogP contribution >= 0.6 is 23.2 Å². The number of amides is 1. The van der Waals surface area contributed by atoms with Crippen LogP contribution in [0.15, 0.2) is 42.5 Å². The van der Waals surface area contributed by atoms with E-state index in [9.17, 15) is 13.2 Å². The molecule has 0 saturated heterocycles. The van der Waals surface area contributed by atoms with E-state index < -0.39 is 28.0 Å². The maximum Gasteiger partial charge on any atom is 0.244 e. The summed E-state index contributed by atoms with van der Waals surface area (Å²) >= 11 is 12.0. The summed E-state index contributed by atoms with van der Waals surface area (Å²) in [5.41, 5.74) is 0.995. The number of hydrogen-bond acceptors (Lipinski definition) is 4. The van der Waals surface area contributed by atoms with Crippen LogP contribution in [0.2, 0.25) is 10.0 Å². The second-order valence-electron chi connectivity index (χ2n) is 6.33. The van der Waals surface area contributed by atoms with Crippen LogP contribution in [-0.4, -0.2) is 33.7 Å². The van der Waals surface area contributed by atoms with Crippen molar-refractivity contribution in [1.82, 2.24) is 5.32 Å². The molecule has 0 radical (unpaired) electrons. The highest BCUT2D eigenvalue weighted by Gasteiger charge is 2.30. The SMILES string of the molecule is COc1ccccc1[C@@H](C)NC(=O)[C@@H](C)N(c1cc(Cl)cc(Cl)c1)S(C)(=O)=O. The normalized spacial score (nSPS) is 13.5. The Balaban J connectivity index is 2.31. The summed E-state index contributed by atoms with van der Waals surface area (Å²) < 4.78 is 31.1. The number of halogens is 2. The Hall–Kier alpha value is -1.96. The molecule has 28 heavy (non-hydrogen) atoms. The van der Waals surface area contributed by atoms with Crippen LogP contribution in [0.1, 0.15) is 25.5 Å². The lowest BCUT2D eigenvalue weighted by atomic mass is 10.1. The lowest BCUT2D eigenvalue weighted by Gasteiger charge is -2.29. The molecule has 1 amide bonds. The van der Waals surface area contributed by atoms with E-state index in [0.29, 0.717) is 5.75 Å². The number of nitrogens with zero attached hydrogens (tertiary/aromatic N) is 1. The highest BCUT2D eigenvalue weighted by molar-refractivity contribution is 7.92. The number of methoxy groups -OCH3 is 1. The van der Waals surface area contributed by atoms with Gasteiger partial charge >= 0.3 is 0 Å². The number of hydrogen-bond donors (Lipinski definition) is 1. The smallest absolute Gasteiger partial charge is 0.244 e. The Morgan fingerprint density at radius 2 is 1.68 bits per heavy atom. The number of para-hydroxylation sites is 1. The van der Waals surface area contributed by atoms with E-state index in [-0.39, 0.29) is 15.7 Å². The second kappa shape index (κ2) is 9.03. The fourth-order valence-corrected chi connectivity index (χ4v) is 4.58. The largest absolute Gasteiger partial charge is 0.496 e. The van der Waals surface area contributed by atoms with Crippen molar-refractivity contribution >= 4 is 44.8 Å². The molecule has 1 N–H and O–H groups in total. The van der Waals surface area contributed by atoms with Gasteiger partial charge in [-0.2, -0.15) is 0 Å². The number of carbonyl (C=O) groups excluding carboxylic acids is 1. The summed E-state index contributed by atoms with van der Waals surface area (Å²) in [5, 5.41) is 3.37. The van der Waals surface area contributed by atoms with Gasteiger partial charge in [0.25, 0.3) is 0 Å². The number of nitrogens with one attached hydrogen (secondary N) is 1. The number of carbonyl (C=O) groups is 1. The number of benzene rings is 2. The molecule has 0 aliphatic rings. The molecule has 0 heterocycles. The molecule has 0 bridgehead atoms. The molecule has 0 aliphatic heterocycles. The Bertz CT molecular complexity index is 946. The molecule has 2 aromatic carbocycles. The van der Waals surface area contributed by atoms with Gasteiger partial charge in [0.2, 0.25) is 15.9 Å². The molecule has 2 aromatic rings. The van der Waals surface area contributed by atoms with Gasteiger partial charge in [-0.15, -0.1) is 0 Å². The van der Waals surface area contributed by atoms with Crippen molar-refractivity contribution in [3.63, 3.8) is 0 Å². The zero-order chi connectivity index (χ0) is 21.1. The van der Waals surface area contributed by atoms with Crippen molar-refractivity contribution in [2.45, 2.75) is 25.9 Å². The fourth-order valence-electron chi connectivity index (χ4n) is 2.91. The summed E-state index contributed by atoms with van der Waals surface area (Å²) in [6.45, 7) is 3.30. The molecule has 0 aliphatic carbocycles. The summed E-state index contributed by atoms with van der Waals surface area (Å²) in [6.07, 6.45) is 1.02. The quantitative estimate of drug-likeness (QED) is 0.698. The van der Waals surface area contributed by atoms with E-state index in [1.165, 1.54) is 25.1 Å². The van der Waals surface area contributed by atoms with E-state index in [2.05, 4.69) is 5.32 Å².